The van der Waals surface area contributed by atoms with Crippen molar-refractivity contribution in [2.75, 3.05) is 5.32 Å². The zero-order valence-corrected chi connectivity index (χ0v) is 23.4. The summed E-state index contributed by atoms with van der Waals surface area (Å²) in [7, 11) is 0. The van der Waals surface area contributed by atoms with E-state index in [0.29, 0.717) is 12.8 Å². The van der Waals surface area contributed by atoms with Crippen molar-refractivity contribution in [1.82, 2.24) is 0 Å². The first-order valence-corrected chi connectivity index (χ1v) is 15.5. The quantitative estimate of drug-likeness (QED) is 0.219. The maximum absolute atomic E-state index is 13.1. The molecule has 1 aromatic carbocycles. The molecule has 2 rings (SSSR count). The minimum atomic E-state index is -0.864. The normalized spacial score (nSPS) is 15.9. The molecule has 0 unspecified atom stereocenters. The molecule has 0 heterocycles. The number of anilines is 1. The van der Waals surface area contributed by atoms with E-state index < -0.39 is 5.41 Å². The highest BCUT2D eigenvalue weighted by atomic mass is 16.2. The molecule has 1 N–H and O–H groups in total. The summed E-state index contributed by atoms with van der Waals surface area (Å²) in [5.74, 6) is -0.105. The Bertz CT molecular complexity index is 723. The molecule has 0 spiro atoms. The topological polar surface area (TPSA) is 52.9 Å². The number of unbranched alkanes of at least 4 members (excludes halogenated alkanes) is 13. The second-order valence-corrected chi connectivity index (χ2v) is 11.3. The van der Waals surface area contributed by atoms with Crippen LogP contribution in [0.15, 0.2) is 24.3 Å². The van der Waals surface area contributed by atoms with Gasteiger partial charge in [0.2, 0.25) is 5.91 Å². The fourth-order valence-corrected chi connectivity index (χ4v) is 5.60. The second kappa shape index (κ2) is 19.3. The van der Waals surface area contributed by atoms with E-state index in [1.54, 1.807) is 0 Å². The number of rotatable bonds is 17. The number of amides is 1. The molecule has 0 aliphatic heterocycles. The van der Waals surface area contributed by atoms with E-state index in [1.807, 2.05) is 12.1 Å². The van der Waals surface area contributed by atoms with E-state index >= 15 is 0 Å². The minimum absolute atomic E-state index is 0.105. The maximum Gasteiger partial charge on any atom is 0.244 e. The van der Waals surface area contributed by atoms with Crippen molar-refractivity contribution in [2.24, 2.45) is 5.41 Å². The van der Waals surface area contributed by atoms with E-state index in [4.69, 9.17) is 0 Å². The Labute approximate surface area is 222 Å². The largest absolute Gasteiger partial charge is 0.325 e. The third-order valence-electron chi connectivity index (χ3n) is 8.14. The van der Waals surface area contributed by atoms with Crippen LogP contribution in [-0.2, 0) is 11.2 Å². The van der Waals surface area contributed by atoms with Gasteiger partial charge >= 0.3 is 0 Å². The van der Waals surface area contributed by atoms with E-state index in [-0.39, 0.29) is 5.91 Å². The summed E-state index contributed by atoms with van der Waals surface area (Å²) in [6.07, 6.45) is 28.6. The summed E-state index contributed by atoms with van der Waals surface area (Å²) < 4.78 is 0. The number of nitrogens with zero attached hydrogens (tertiary/aromatic N) is 1. The number of nitriles is 1. The van der Waals surface area contributed by atoms with Gasteiger partial charge in [0.1, 0.15) is 5.41 Å². The monoisotopic (exact) mass is 494 g/mol. The van der Waals surface area contributed by atoms with Crippen LogP contribution in [0.1, 0.15) is 154 Å². The lowest BCUT2D eigenvalue weighted by atomic mass is 9.79. The smallest absolute Gasteiger partial charge is 0.244 e. The van der Waals surface area contributed by atoms with Crippen molar-refractivity contribution < 1.29 is 4.79 Å². The Hall–Kier alpha value is -1.82. The van der Waals surface area contributed by atoms with Gasteiger partial charge in [-0.3, -0.25) is 4.79 Å². The zero-order chi connectivity index (χ0) is 25.7. The van der Waals surface area contributed by atoms with Gasteiger partial charge in [-0.05, 0) is 43.4 Å². The third kappa shape index (κ3) is 12.4. The van der Waals surface area contributed by atoms with Crippen molar-refractivity contribution in [2.45, 2.75) is 155 Å². The van der Waals surface area contributed by atoms with Crippen molar-refractivity contribution in [3.63, 3.8) is 0 Å². The highest BCUT2D eigenvalue weighted by Crippen LogP contribution is 2.34. The van der Waals surface area contributed by atoms with Crippen LogP contribution in [0.2, 0.25) is 0 Å². The molecule has 0 aromatic heterocycles. The van der Waals surface area contributed by atoms with Gasteiger partial charge in [-0.2, -0.15) is 5.26 Å². The van der Waals surface area contributed by atoms with Gasteiger partial charge in [-0.25, -0.2) is 0 Å². The molecule has 0 bridgehead atoms. The van der Waals surface area contributed by atoms with E-state index in [9.17, 15) is 10.1 Å². The van der Waals surface area contributed by atoms with Gasteiger partial charge in [0, 0.05) is 5.69 Å². The summed E-state index contributed by atoms with van der Waals surface area (Å²) in [4.78, 5) is 13.1. The molecule has 1 fully saturated rings. The predicted molar refractivity (Wildman–Crippen MR) is 154 cm³/mol. The average molecular weight is 495 g/mol. The Balaban J connectivity index is 1.56. The number of hydrogen-bond acceptors (Lipinski definition) is 2. The van der Waals surface area contributed by atoms with Crippen LogP contribution in [0.3, 0.4) is 0 Å². The molecule has 1 aromatic rings. The fraction of sp³-hybridized carbons (Fsp3) is 0.758. The summed E-state index contributed by atoms with van der Waals surface area (Å²) in [6, 6.07) is 10.7. The molecule has 3 nitrogen and oxygen atoms in total. The van der Waals surface area contributed by atoms with E-state index in [1.165, 1.54) is 108 Å². The van der Waals surface area contributed by atoms with Crippen molar-refractivity contribution in [3.8, 4) is 6.07 Å². The van der Waals surface area contributed by atoms with Crippen molar-refractivity contribution in [3.05, 3.63) is 29.8 Å². The van der Waals surface area contributed by atoms with Crippen LogP contribution in [0.4, 0.5) is 5.69 Å². The molecule has 0 radical (unpaired) electrons. The first-order valence-electron chi connectivity index (χ1n) is 15.5. The maximum atomic E-state index is 13.1. The predicted octanol–water partition coefficient (Wildman–Crippen LogP) is 10.3. The molecule has 0 atom stereocenters. The summed E-state index contributed by atoms with van der Waals surface area (Å²) in [5, 5.41) is 12.9. The Morgan fingerprint density at radius 1 is 0.722 bits per heavy atom. The number of carbonyl (C=O) groups is 1. The van der Waals surface area contributed by atoms with Crippen LogP contribution in [0.25, 0.3) is 0 Å². The van der Waals surface area contributed by atoms with Gasteiger partial charge in [0.05, 0.1) is 6.07 Å². The Morgan fingerprint density at radius 3 is 1.64 bits per heavy atom. The van der Waals surface area contributed by atoms with E-state index in [2.05, 4.69) is 30.4 Å². The van der Waals surface area contributed by atoms with E-state index in [0.717, 1.165) is 37.8 Å². The van der Waals surface area contributed by atoms with Gasteiger partial charge in [-0.15, -0.1) is 0 Å². The molecule has 1 aliphatic rings. The van der Waals surface area contributed by atoms with Crippen LogP contribution < -0.4 is 5.32 Å². The SMILES string of the molecule is CCCCCCCCCCCCCCCCc1ccc(NC(=O)C2(C#N)CCCCCCCC2)cc1. The molecule has 0 saturated heterocycles. The molecule has 36 heavy (non-hydrogen) atoms. The zero-order valence-electron chi connectivity index (χ0n) is 23.4. The highest BCUT2D eigenvalue weighted by Gasteiger charge is 2.38. The van der Waals surface area contributed by atoms with Gasteiger partial charge in [0.25, 0.3) is 0 Å². The molecule has 1 amide bonds. The molecular weight excluding hydrogens is 440 g/mol. The van der Waals surface area contributed by atoms with Gasteiger partial charge in [0.15, 0.2) is 0 Å². The fourth-order valence-electron chi connectivity index (χ4n) is 5.60. The average Bonchev–Trinajstić information content (AvgIpc) is 3.02. The Kier molecular flexibility index (Phi) is 16.3. The number of carbonyl (C=O) groups excluding carboxylic acids is 1. The van der Waals surface area contributed by atoms with Gasteiger partial charge < -0.3 is 5.32 Å². The van der Waals surface area contributed by atoms with Gasteiger partial charge in [-0.1, -0.05) is 141 Å². The molecule has 1 saturated carbocycles. The lowest BCUT2D eigenvalue weighted by Crippen LogP contribution is -2.35. The van der Waals surface area contributed by atoms with Crippen LogP contribution in [0.5, 0.6) is 0 Å². The second-order valence-electron chi connectivity index (χ2n) is 11.3. The highest BCUT2D eigenvalue weighted by molar-refractivity contribution is 5.97. The number of hydrogen-bond donors (Lipinski definition) is 1. The minimum Gasteiger partial charge on any atom is -0.325 e. The number of aryl methyl sites for hydroxylation is 1. The number of benzene rings is 1. The first kappa shape index (κ1) is 30.4. The van der Waals surface area contributed by atoms with Crippen LogP contribution in [0, 0.1) is 16.7 Å². The standard InChI is InChI=1S/C33H54N2O/c1-2-3-4-5-6-7-8-9-10-11-12-13-16-19-22-30-23-25-31(26-24-30)35-32(36)33(29-34)27-20-17-14-15-18-21-28-33/h23-26H,2-22,27-28H2,1H3,(H,35,36). The molecule has 202 valence electrons. The van der Waals surface area contributed by atoms with Crippen molar-refractivity contribution in [1.29, 1.82) is 5.26 Å². The summed E-state index contributed by atoms with van der Waals surface area (Å²) in [6.45, 7) is 2.28. The molecular formula is C33H54N2O. The first-order chi connectivity index (χ1) is 17.7. The summed E-state index contributed by atoms with van der Waals surface area (Å²) >= 11 is 0. The lowest BCUT2D eigenvalue weighted by molar-refractivity contribution is -0.123. The number of nitrogens with one attached hydrogen (secondary N) is 1. The lowest BCUT2D eigenvalue weighted by Gasteiger charge is -2.25. The molecule has 1 aliphatic carbocycles. The molecule has 3 heteroatoms. The van der Waals surface area contributed by atoms with Crippen LogP contribution >= 0.6 is 0 Å². The van der Waals surface area contributed by atoms with Crippen LogP contribution in [-0.4, -0.2) is 5.91 Å². The summed E-state index contributed by atoms with van der Waals surface area (Å²) in [5.41, 5.74) is 1.29. The van der Waals surface area contributed by atoms with Crippen molar-refractivity contribution >= 4 is 11.6 Å². The Morgan fingerprint density at radius 2 is 1.17 bits per heavy atom. The third-order valence-corrected chi connectivity index (χ3v) is 8.14.